The van der Waals surface area contributed by atoms with E-state index in [4.69, 9.17) is 0 Å². The Kier molecular flexibility index (Phi) is 4.13. The molecule has 3 aliphatic carbocycles. The number of fused-ring (bicyclic) bond motifs is 5. The van der Waals surface area contributed by atoms with E-state index in [1.165, 1.54) is 27.8 Å². The number of allylic oxidation sites excluding steroid dienone is 4. The van der Waals surface area contributed by atoms with Crippen molar-refractivity contribution in [1.29, 1.82) is 0 Å². The Labute approximate surface area is 157 Å². The number of aliphatic hydroxyl groups excluding tert-OH is 1. The Bertz CT molecular complexity index is 826. The Morgan fingerprint density at radius 2 is 1.58 bits per heavy atom. The van der Waals surface area contributed by atoms with Crippen molar-refractivity contribution in [2.24, 2.45) is 23.7 Å². The summed E-state index contributed by atoms with van der Waals surface area (Å²) in [5.74, 6) is 1.31. The molecule has 2 bridgehead atoms. The summed E-state index contributed by atoms with van der Waals surface area (Å²) in [7, 11) is 0. The van der Waals surface area contributed by atoms with E-state index >= 15 is 0 Å². The molecule has 0 amide bonds. The summed E-state index contributed by atoms with van der Waals surface area (Å²) in [6.45, 7) is 10.7. The van der Waals surface area contributed by atoms with E-state index in [-0.39, 0.29) is 17.6 Å². The number of benzene rings is 1. The Morgan fingerprint density at radius 3 is 2.04 bits per heavy atom. The van der Waals surface area contributed by atoms with Crippen molar-refractivity contribution in [1.82, 2.24) is 0 Å². The third kappa shape index (κ3) is 2.20. The molecule has 4 rings (SSSR count). The Hall–Kier alpha value is -1.83. The predicted octanol–water partition coefficient (Wildman–Crippen LogP) is 5.58. The van der Waals surface area contributed by atoms with Crippen LogP contribution in [0.25, 0.3) is 5.57 Å². The summed E-state index contributed by atoms with van der Waals surface area (Å²) in [5, 5.41) is 11.3. The topological polar surface area (TPSA) is 37.3 Å². The molecule has 1 aromatic carbocycles. The van der Waals surface area contributed by atoms with Crippen molar-refractivity contribution in [3.05, 3.63) is 51.3 Å². The number of aryl methyl sites for hydroxylation is 3. The SMILES string of the molecule is CCc1cc(C)cc(CC)c1C1=C(O)[C@@H]2[C@H](C1=O)[C@H]1CC[C@@H]2C1=C(C)C. The van der Waals surface area contributed by atoms with Gasteiger partial charge in [0.1, 0.15) is 5.76 Å². The summed E-state index contributed by atoms with van der Waals surface area (Å²) in [6.07, 6.45) is 3.99. The van der Waals surface area contributed by atoms with E-state index in [1.54, 1.807) is 0 Å². The van der Waals surface area contributed by atoms with Crippen LogP contribution in [0.3, 0.4) is 0 Å². The molecule has 2 nitrogen and oxygen atoms in total. The van der Waals surface area contributed by atoms with Gasteiger partial charge in [0.15, 0.2) is 5.78 Å². The van der Waals surface area contributed by atoms with Crippen LogP contribution >= 0.6 is 0 Å². The number of ketones is 1. The fraction of sp³-hybridized carbons (Fsp3) is 0.542. The molecule has 1 N–H and O–H groups in total. The molecule has 0 heterocycles. The number of hydrogen-bond donors (Lipinski definition) is 1. The fourth-order valence-corrected chi connectivity index (χ4v) is 6.17. The minimum atomic E-state index is -0.0237. The summed E-state index contributed by atoms with van der Waals surface area (Å²) in [4.78, 5) is 13.5. The highest BCUT2D eigenvalue weighted by Gasteiger charge is 2.60. The van der Waals surface area contributed by atoms with Crippen molar-refractivity contribution < 1.29 is 9.90 Å². The van der Waals surface area contributed by atoms with Gasteiger partial charge in [-0.15, -0.1) is 0 Å². The number of carbonyl (C=O) groups is 1. The molecule has 0 spiro atoms. The number of carbonyl (C=O) groups excluding carboxylic acids is 1. The van der Waals surface area contributed by atoms with Gasteiger partial charge in [-0.3, -0.25) is 4.79 Å². The van der Waals surface area contributed by atoms with Crippen LogP contribution in [0.5, 0.6) is 0 Å². The van der Waals surface area contributed by atoms with Gasteiger partial charge in [0.05, 0.1) is 5.57 Å². The van der Waals surface area contributed by atoms with Crippen LogP contribution in [0, 0.1) is 30.6 Å². The Morgan fingerprint density at radius 1 is 1.04 bits per heavy atom. The second-order valence-electron chi connectivity index (χ2n) is 8.59. The van der Waals surface area contributed by atoms with Crippen molar-refractivity contribution >= 4 is 11.4 Å². The zero-order chi connectivity index (χ0) is 18.7. The smallest absolute Gasteiger partial charge is 0.171 e. The van der Waals surface area contributed by atoms with Crippen molar-refractivity contribution in [2.45, 2.75) is 60.3 Å². The molecule has 2 saturated carbocycles. The van der Waals surface area contributed by atoms with Crippen molar-refractivity contribution in [2.75, 3.05) is 0 Å². The maximum Gasteiger partial charge on any atom is 0.171 e. The highest BCUT2D eigenvalue weighted by Crippen LogP contribution is 2.63. The Balaban J connectivity index is 1.90. The van der Waals surface area contributed by atoms with Gasteiger partial charge in [-0.2, -0.15) is 0 Å². The third-order valence-corrected chi connectivity index (χ3v) is 7.00. The predicted molar refractivity (Wildman–Crippen MR) is 106 cm³/mol. The minimum Gasteiger partial charge on any atom is -0.511 e. The molecule has 0 saturated heterocycles. The molecule has 3 aliphatic rings. The second-order valence-corrected chi connectivity index (χ2v) is 8.59. The second kappa shape index (κ2) is 6.11. The standard InChI is InChI=1S/C24H30O2/c1-6-14-10-13(5)11-15(7-2)19(14)22-23(25)20-16-8-9-17(18(16)12(3)4)21(20)24(22)26/h10-11,16-17,20-21,25H,6-9H2,1-5H3/t16-,17+,20+,21-/m1/s1. The first kappa shape index (κ1) is 17.6. The molecular weight excluding hydrogens is 320 g/mol. The van der Waals surface area contributed by atoms with E-state index < -0.39 is 0 Å². The van der Waals surface area contributed by atoms with Crippen LogP contribution < -0.4 is 0 Å². The molecule has 4 atom stereocenters. The molecule has 2 fully saturated rings. The highest BCUT2D eigenvalue weighted by molar-refractivity contribution is 6.26. The van der Waals surface area contributed by atoms with E-state index in [0.29, 0.717) is 23.2 Å². The zero-order valence-corrected chi connectivity index (χ0v) is 16.6. The lowest BCUT2D eigenvalue weighted by molar-refractivity contribution is -0.118. The average molecular weight is 351 g/mol. The lowest BCUT2D eigenvalue weighted by Gasteiger charge is -2.22. The average Bonchev–Trinajstić information content (AvgIpc) is 3.25. The maximum absolute atomic E-state index is 13.5. The summed E-state index contributed by atoms with van der Waals surface area (Å²) < 4.78 is 0. The molecule has 0 radical (unpaired) electrons. The van der Waals surface area contributed by atoms with E-state index in [9.17, 15) is 9.90 Å². The van der Waals surface area contributed by atoms with Gasteiger partial charge in [0.25, 0.3) is 0 Å². The van der Waals surface area contributed by atoms with Crippen molar-refractivity contribution in [3.63, 3.8) is 0 Å². The van der Waals surface area contributed by atoms with Gasteiger partial charge in [0, 0.05) is 11.8 Å². The number of hydrogen-bond acceptors (Lipinski definition) is 2. The molecule has 138 valence electrons. The monoisotopic (exact) mass is 350 g/mol. The van der Waals surface area contributed by atoms with Crippen LogP contribution in [0.1, 0.15) is 62.8 Å². The molecule has 0 unspecified atom stereocenters. The summed E-state index contributed by atoms with van der Waals surface area (Å²) in [6, 6.07) is 4.37. The van der Waals surface area contributed by atoms with Gasteiger partial charge in [-0.1, -0.05) is 42.7 Å². The van der Waals surface area contributed by atoms with Crippen LogP contribution in [-0.2, 0) is 17.6 Å². The van der Waals surface area contributed by atoms with Crippen LogP contribution in [0.15, 0.2) is 29.0 Å². The van der Waals surface area contributed by atoms with E-state index in [0.717, 1.165) is 31.2 Å². The summed E-state index contributed by atoms with van der Waals surface area (Å²) >= 11 is 0. The molecule has 0 aliphatic heterocycles. The first-order valence-corrected chi connectivity index (χ1v) is 10.2. The molecule has 26 heavy (non-hydrogen) atoms. The first-order valence-electron chi connectivity index (χ1n) is 10.2. The molecule has 2 heteroatoms. The van der Waals surface area contributed by atoms with Crippen molar-refractivity contribution in [3.8, 4) is 0 Å². The van der Waals surface area contributed by atoms with Gasteiger partial charge >= 0.3 is 0 Å². The lowest BCUT2D eigenvalue weighted by atomic mass is 9.80. The third-order valence-electron chi connectivity index (χ3n) is 7.00. The van der Waals surface area contributed by atoms with Gasteiger partial charge in [0.2, 0.25) is 0 Å². The quantitative estimate of drug-likeness (QED) is 0.723. The zero-order valence-electron chi connectivity index (χ0n) is 16.6. The summed E-state index contributed by atoms with van der Waals surface area (Å²) in [5.41, 5.74) is 8.15. The number of aliphatic hydroxyl groups is 1. The van der Waals surface area contributed by atoms with Crippen LogP contribution in [0.4, 0.5) is 0 Å². The van der Waals surface area contributed by atoms with Gasteiger partial charge in [-0.25, -0.2) is 0 Å². The van der Waals surface area contributed by atoms with Crippen LogP contribution in [0.2, 0.25) is 0 Å². The van der Waals surface area contributed by atoms with E-state index in [2.05, 4.69) is 46.8 Å². The minimum absolute atomic E-state index is 0.0237. The highest BCUT2D eigenvalue weighted by atomic mass is 16.3. The largest absolute Gasteiger partial charge is 0.511 e. The number of Topliss-reactive ketones (excluding diaryl/α,β-unsaturated/α-hetero) is 1. The lowest BCUT2D eigenvalue weighted by Crippen LogP contribution is -2.24. The molecule has 0 aromatic heterocycles. The normalized spacial score (nSPS) is 29.7. The molecular formula is C24H30O2. The first-order chi connectivity index (χ1) is 12.4. The van der Waals surface area contributed by atoms with E-state index in [1.807, 2.05) is 0 Å². The fourth-order valence-electron chi connectivity index (χ4n) is 6.17. The number of rotatable bonds is 3. The van der Waals surface area contributed by atoms with Gasteiger partial charge < -0.3 is 5.11 Å². The van der Waals surface area contributed by atoms with Gasteiger partial charge in [-0.05, 0) is 75.0 Å². The maximum atomic E-state index is 13.5. The van der Waals surface area contributed by atoms with Crippen LogP contribution in [-0.4, -0.2) is 10.9 Å². The molecule has 1 aromatic rings.